The van der Waals surface area contributed by atoms with Crippen LogP contribution in [0.1, 0.15) is 58.8 Å². The van der Waals surface area contributed by atoms with Gasteiger partial charge in [0.1, 0.15) is 0 Å². The van der Waals surface area contributed by atoms with Gasteiger partial charge in [-0.3, -0.25) is 4.79 Å². The van der Waals surface area contributed by atoms with Gasteiger partial charge in [0.2, 0.25) is 0 Å². The predicted molar refractivity (Wildman–Crippen MR) is 64.0 cm³/mol. The number of carbonyl (C=O) groups excluding carboxylic acids is 1. The highest BCUT2D eigenvalue weighted by Gasteiger charge is 2.43. The maximum atomic E-state index is 11.6. The average Bonchev–Trinajstić information content (AvgIpc) is 2.53. The first-order valence-electron chi connectivity index (χ1n) is 6.78. The Labute approximate surface area is 98.7 Å². The molecule has 0 radical (unpaired) electrons. The zero-order valence-corrected chi connectivity index (χ0v) is 10.6. The second kappa shape index (κ2) is 4.77. The summed E-state index contributed by atoms with van der Waals surface area (Å²) in [6.45, 7) is 4.68. The summed E-state index contributed by atoms with van der Waals surface area (Å²) in [6.07, 6.45) is 8.71. The Balaban J connectivity index is 1.91. The Morgan fingerprint density at radius 2 is 1.81 bits per heavy atom. The quantitative estimate of drug-likeness (QED) is 0.685. The van der Waals surface area contributed by atoms with Crippen LogP contribution in [0.4, 0.5) is 0 Å². The highest BCUT2D eigenvalue weighted by atomic mass is 16.5. The lowest BCUT2D eigenvalue weighted by Crippen LogP contribution is -2.19. The number of esters is 1. The second-order valence-electron chi connectivity index (χ2n) is 6.01. The molecule has 0 heterocycles. The van der Waals surface area contributed by atoms with Crippen LogP contribution in [0.2, 0.25) is 0 Å². The van der Waals surface area contributed by atoms with E-state index in [0.717, 1.165) is 11.8 Å². The van der Waals surface area contributed by atoms with Gasteiger partial charge in [-0.2, -0.15) is 0 Å². The molecule has 2 aliphatic carbocycles. The first kappa shape index (κ1) is 11.9. The maximum Gasteiger partial charge on any atom is 0.306 e. The summed E-state index contributed by atoms with van der Waals surface area (Å²) in [6, 6.07) is 0. The molecule has 0 aromatic carbocycles. The molecule has 3 atom stereocenters. The van der Waals surface area contributed by atoms with Crippen molar-refractivity contribution in [3.63, 3.8) is 0 Å². The number of hydrogen-bond acceptors (Lipinski definition) is 2. The lowest BCUT2D eigenvalue weighted by Gasteiger charge is -2.24. The van der Waals surface area contributed by atoms with Crippen molar-refractivity contribution >= 4 is 5.97 Å². The first-order chi connectivity index (χ1) is 7.63. The molecular formula is C14H24O2. The summed E-state index contributed by atoms with van der Waals surface area (Å²) >= 11 is 0. The molecular weight excluding hydrogens is 200 g/mol. The lowest BCUT2D eigenvalue weighted by molar-refractivity contribution is -0.145. The minimum atomic E-state index is 0.00338. The van der Waals surface area contributed by atoms with Gasteiger partial charge in [0.05, 0.1) is 13.0 Å². The summed E-state index contributed by atoms with van der Waals surface area (Å²) < 4.78 is 5.08. The summed E-state index contributed by atoms with van der Waals surface area (Å²) in [5.74, 6) is 1.80. The third-order valence-electron chi connectivity index (χ3n) is 4.45. The van der Waals surface area contributed by atoms with Gasteiger partial charge >= 0.3 is 5.97 Å². The summed E-state index contributed by atoms with van der Waals surface area (Å²) in [4.78, 5) is 11.6. The molecule has 0 aromatic heterocycles. The second-order valence-corrected chi connectivity index (χ2v) is 6.01. The minimum Gasteiger partial charge on any atom is -0.466 e. The molecule has 16 heavy (non-hydrogen) atoms. The molecule has 1 unspecified atom stereocenters. The molecule has 0 spiro atoms. The fraction of sp³-hybridized carbons (Fsp3) is 0.929. The van der Waals surface area contributed by atoms with E-state index in [-0.39, 0.29) is 11.4 Å². The molecule has 2 heteroatoms. The van der Waals surface area contributed by atoms with E-state index in [2.05, 4.69) is 6.92 Å². The molecule has 0 aromatic rings. The van der Waals surface area contributed by atoms with E-state index in [9.17, 15) is 4.79 Å². The Bertz CT molecular complexity index is 245. The molecule has 0 aliphatic heterocycles. The van der Waals surface area contributed by atoms with Crippen molar-refractivity contribution in [3.05, 3.63) is 0 Å². The Hall–Kier alpha value is -0.530. The summed E-state index contributed by atoms with van der Waals surface area (Å²) in [5.41, 5.74) is 0.228. The summed E-state index contributed by atoms with van der Waals surface area (Å²) in [5, 5.41) is 0. The third kappa shape index (κ3) is 2.58. The van der Waals surface area contributed by atoms with Crippen molar-refractivity contribution in [3.8, 4) is 0 Å². The Morgan fingerprint density at radius 3 is 2.31 bits per heavy atom. The highest BCUT2D eigenvalue weighted by Crippen LogP contribution is 2.52. The van der Waals surface area contributed by atoms with Crippen LogP contribution in [0.3, 0.4) is 0 Å². The number of ether oxygens (including phenoxy) is 1. The van der Waals surface area contributed by atoms with Crippen LogP contribution in [-0.2, 0) is 9.53 Å². The van der Waals surface area contributed by atoms with Gasteiger partial charge in [0.15, 0.2) is 0 Å². The van der Waals surface area contributed by atoms with Crippen LogP contribution in [-0.4, -0.2) is 12.6 Å². The molecule has 2 fully saturated rings. The fourth-order valence-electron chi connectivity index (χ4n) is 3.88. The highest BCUT2D eigenvalue weighted by molar-refractivity contribution is 5.70. The van der Waals surface area contributed by atoms with Gasteiger partial charge in [-0.05, 0) is 37.0 Å². The normalized spacial score (nSPS) is 38.1. The molecule has 2 aliphatic rings. The molecule has 0 saturated heterocycles. The van der Waals surface area contributed by atoms with E-state index in [0.29, 0.717) is 13.0 Å². The molecule has 0 amide bonds. The van der Waals surface area contributed by atoms with Crippen molar-refractivity contribution in [1.82, 2.24) is 0 Å². The molecule has 2 rings (SSSR count). The van der Waals surface area contributed by atoms with Crippen molar-refractivity contribution in [2.24, 2.45) is 17.3 Å². The lowest BCUT2D eigenvalue weighted by atomic mass is 9.82. The van der Waals surface area contributed by atoms with Crippen LogP contribution in [0, 0.1) is 17.3 Å². The van der Waals surface area contributed by atoms with Crippen molar-refractivity contribution in [2.45, 2.75) is 58.8 Å². The molecule has 2 nitrogen and oxygen atoms in total. The fourth-order valence-corrected chi connectivity index (χ4v) is 3.88. The number of hydrogen-bond donors (Lipinski definition) is 0. The Morgan fingerprint density at radius 1 is 1.25 bits per heavy atom. The van der Waals surface area contributed by atoms with Crippen molar-refractivity contribution in [2.75, 3.05) is 6.61 Å². The third-order valence-corrected chi connectivity index (χ3v) is 4.45. The number of fused-ring (bicyclic) bond motifs is 1. The van der Waals surface area contributed by atoms with Gasteiger partial charge in [0.25, 0.3) is 0 Å². The number of rotatable bonds is 3. The zero-order valence-electron chi connectivity index (χ0n) is 10.6. The summed E-state index contributed by atoms with van der Waals surface area (Å²) in [7, 11) is 0. The zero-order chi connectivity index (χ0) is 11.6. The monoisotopic (exact) mass is 224 g/mol. The van der Waals surface area contributed by atoms with Crippen LogP contribution >= 0.6 is 0 Å². The standard InChI is InChI=1S/C14H24O2/c1-3-16-13(15)10-14(2)8-11-6-4-5-7-12(11)9-14/h11-12H,3-10H2,1-2H3/t11-,12+,14?. The van der Waals surface area contributed by atoms with E-state index >= 15 is 0 Å². The molecule has 92 valence electrons. The van der Waals surface area contributed by atoms with Crippen molar-refractivity contribution < 1.29 is 9.53 Å². The van der Waals surface area contributed by atoms with Crippen LogP contribution in [0.15, 0.2) is 0 Å². The van der Waals surface area contributed by atoms with Gasteiger partial charge in [-0.1, -0.05) is 32.6 Å². The SMILES string of the molecule is CCOC(=O)CC1(C)C[C@H]2CCCC[C@H]2C1. The molecule has 2 saturated carbocycles. The molecule has 0 bridgehead atoms. The Kier molecular flexibility index (Phi) is 3.56. The topological polar surface area (TPSA) is 26.3 Å². The van der Waals surface area contributed by atoms with E-state index in [1.807, 2.05) is 6.92 Å². The average molecular weight is 224 g/mol. The van der Waals surface area contributed by atoms with Gasteiger partial charge < -0.3 is 4.74 Å². The van der Waals surface area contributed by atoms with Gasteiger partial charge in [-0.25, -0.2) is 0 Å². The predicted octanol–water partition coefficient (Wildman–Crippen LogP) is 3.55. The van der Waals surface area contributed by atoms with Gasteiger partial charge in [0, 0.05) is 0 Å². The number of carbonyl (C=O) groups is 1. The first-order valence-corrected chi connectivity index (χ1v) is 6.78. The maximum absolute atomic E-state index is 11.6. The van der Waals surface area contributed by atoms with Crippen LogP contribution in [0.25, 0.3) is 0 Å². The smallest absolute Gasteiger partial charge is 0.306 e. The van der Waals surface area contributed by atoms with E-state index in [1.165, 1.54) is 38.5 Å². The van der Waals surface area contributed by atoms with E-state index < -0.39 is 0 Å². The minimum absolute atomic E-state index is 0.00338. The van der Waals surface area contributed by atoms with E-state index in [1.54, 1.807) is 0 Å². The van der Waals surface area contributed by atoms with E-state index in [4.69, 9.17) is 4.74 Å². The molecule has 0 N–H and O–H groups in total. The van der Waals surface area contributed by atoms with Crippen LogP contribution in [0.5, 0.6) is 0 Å². The van der Waals surface area contributed by atoms with Crippen molar-refractivity contribution in [1.29, 1.82) is 0 Å². The van der Waals surface area contributed by atoms with Crippen LogP contribution < -0.4 is 0 Å². The van der Waals surface area contributed by atoms with Gasteiger partial charge in [-0.15, -0.1) is 0 Å². The largest absolute Gasteiger partial charge is 0.466 e.